The van der Waals surface area contributed by atoms with E-state index in [0.29, 0.717) is 24.2 Å². The van der Waals surface area contributed by atoms with Gasteiger partial charge in [-0.05, 0) is 24.3 Å². The number of urea groups is 1. The minimum absolute atomic E-state index is 0. The smallest absolute Gasteiger partial charge is 0.326 e. The van der Waals surface area contributed by atoms with Crippen molar-refractivity contribution in [1.82, 2.24) is 20.0 Å². The van der Waals surface area contributed by atoms with Crippen molar-refractivity contribution in [2.45, 2.75) is 25.9 Å². The first-order valence-electron chi connectivity index (χ1n) is 9.25. The van der Waals surface area contributed by atoms with Gasteiger partial charge >= 0.3 is 6.03 Å². The van der Waals surface area contributed by atoms with Gasteiger partial charge in [0.25, 0.3) is 5.91 Å². The van der Waals surface area contributed by atoms with Gasteiger partial charge in [-0.3, -0.25) is 14.3 Å². The highest BCUT2D eigenvalue weighted by Crippen LogP contribution is 2.24. The van der Waals surface area contributed by atoms with Gasteiger partial charge in [-0.1, -0.05) is 6.07 Å². The molecule has 0 aliphatic carbocycles. The molecule has 0 spiro atoms. The highest BCUT2D eigenvalue weighted by atomic mass is 35.5. The van der Waals surface area contributed by atoms with Crippen molar-refractivity contribution in [2.75, 3.05) is 30.4 Å². The van der Waals surface area contributed by atoms with Gasteiger partial charge in [0.05, 0.1) is 23.6 Å². The molecule has 29 heavy (non-hydrogen) atoms. The van der Waals surface area contributed by atoms with Crippen molar-refractivity contribution in [3.8, 4) is 0 Å². The molecule has 2 N–H and O–H groups in total. The predicted octanol–water partition coefficient (Wildman–Crippen LogP) is 1.38. The molecular formula is C19H23ClN6O3. The third-order valence-corrected chi connectivity index (χ3v) is 4.86. The van der Waals surface area contributed by atoms with E-state index in [1.54, 1.807) is 31.3 Å². The van der Waals surface area contributed by atoms with Crippen molar-refractivity contribution >= 4 is 41.6 Å². The SMILES string of the molecule is CN1CC(=O)N(c2cccc(NC(=O)CCc3cc4n(n3)CCNC4)c2)C1=O.Cl. The van der Waals surface area contributed by atoms with Gasteiger partial charge in [0.15, 0.2) is 0 Å². The number of nitrogens with one attached hydrogen (secondary N) is 2. The minimum Gasteiger partial charge on any atom is -0.326 e. The summed E-state index contributed by atoms with van der Waals surface area (Å²) in [6.07, 6.45) is 0.859. The number of halogens is 1. The molecule has 4 rings (SSSR count). The second-order valence-electron chi connectivity index (χ2n) is 6.99. The van der Waals surface area contributed by atoms with Crippen LogP contribution in [-0.2, 0) is 29.1 Å². The molecule has 1 aromatic heterocycles. The van der Waals surface area contributed by atoms with E-state index in [1.807, 2.05) is 10.7 Å². The normalized spacial score (nSPS) is 15.9. The summed E-state index contributed by atoms with van der Waals surface area (Å²) in [4.78, 5) is 39.0. The fraction of sp³-hybridized carbons (Fsp3) is 0.368. The second-order valence-corrected chi connectivity index (χ2v) is 6.99. The van der Waals surface area contributed by atoms with Crippen molar-refractivity contribution in [3.63, 3.8) is 0 Å². The summed E-state index contributed by atoms with van der Waals surface area (Å²) in [5, 5.41) is 10.7. The number of anilines is 2. The predicted molar refractivity (Wildman–Crippen MR) is 110 cm³/mol. The second kappa shape index (κ2) is 8.62. The molecule has 1 aromatic carbocycles. The van der Waals surface area contributed by atoms with Gasteiger partial charge in [-0.25, -0.2) is 9.69 Å². The molecular weight excluding hydrogens is 396 g/mol. The molecule has 3 heterocycles. The van der Waals surface area contributed by atoms with Crippen LogP contribution in [0, 0.1) is 0 Å². The molecule has 0 unspecified atom stereocenters. The lowest BCUT2D eigenvalue weighted by Crippen LogP contribution is -2.31. The quantitative estimate of drug-likeness (QED) is 0.714. The van der Waals surface area contributed by atoms with Crippen LogP contribution >= 0.6 is 12.4 Å². The van der Waals surface area contributed by atoms with Crippen LogP contribution in [0.15, 0.2) is 30.3 Å². The van der Waals surface area contributed by atoms with Gasteiger partial charge in [0.2, 0.25) is 5.91 Å². The molecule has 154 valence electrons. The maximum atomic E-state index is 12.3. The topological polar surface area (TPSA) is 99.6 Å². The van der Waals surface area contributed by atoms with Crippen LogP contribution in [0.5, 0.6) is 0 Å². The summed E-state index contributed by atoms with van der Waals surface area (Å²) in [6.45, 7) is 2.61. The average molecular weight is 419 g/mol. The highest BCUT2D eigenvalue weighted by molar-refractivity contribution is 6.19. The van der Waals surface area contributed by atoms with Gasteiger partial charge in [0, 0.05) is 38.7 Å². The first-order chi connectivity index (χ1) is 13.5. The van der Waals surface area contributed by atoms with Crippen molar-refractivity contribution < 1.29 is 14.4 Å². The third-order valence-electron chi connectivity index (χ3n) is 4.86. The first-order valence-corrected chi connectivity index (χ1v) is 9.25. The molecule has 0 radical (unpaired) electrons. The largest absolute Gasteiger partial charge is 0.331 e. The zero-order valence-corrected chi connectivity index (χ0v) is 16.9. The summed E-state index contributed by atoms with van der Waals surface area (Å²) in [7, 11) is 1.58. The number of hydrogen-bond acceptors (Lipinski definition) is 5. The lowest BCUT2D eigenvalue weighted by molar-refractivity contribution is -0.117. The Bertz CT molecular complexity index is 920. The zero-order chi connectivity index (χ0) is 19.7. The molecule has 0 saturated carbocycles. The Labute approximate surface area is 174 Å². The van der Waals surface area contributed by atoms with Gasteiger partial charge in [-0.2, -0.15) is 5.10 Å². The Kier molecular flexibility index (Phi) is 6.19. The summed E-state index contributed by atoms with van der Waals surface area (Å²) in [6, 6.07) is 8.41. The number of aromatic nitrogens is 2. The van der Waals surface area contributed by atoms with Crippen LogP contribution in [-0.4, -0.2) is 52.7 Å². The lowest BCUT2D eigenvalue weighted by atomic mass is 10.2. The molecule has 0 bridgehead atoms. The number of aryl methyl sites for hydroxylation is 1. The monoisotopic (exact) mass is 418 g/mol. The molecule has 9 nitrogen and oxygen atoms in total. The van der Waals surface area contributed by atoms with Crippen LogP contribution < -0.4 is 15.5 Å². The molecule has 2 aliphatic rings. The maximum absolute atomic E-state index is 12.3. The Morgan fingerprint density at radius 2 is 2.10 bits per heavy atom. The minimum atomic E-state index is -0.369. The van der Waals surface area contributed by atoms with Crippen LogP contribution in [0.1, 0.15) is 17.8 Å². The number of hydrogen-bond donors (Lipinski definition) is 2. The molecule has 1 saturated heterocycles. The molecule has 2 aromatic rings. The Morgan fingerprint density at radius 3 is 2.83 bits per heavy atom. The molecule has 2 aliphatic heterocycles. The fourth-order valence-electron chi connectivity index (χ4n) is 3.44. The number of carbonyl (C=O) groups is 3. The number of benzene rings is 1. The fourth-order valence-corrected chi connectivity index (χ4v) is 3.44. The highest BCUT2D eigenvalue weighted by Gasteiger charge is 2.34. The average Bonchev–Trinajstić information content (AvgIpc) is 3.20. The van der Waals surface area contributed by atoms with E-state index in [4.69, 9.17) is 0 Å². The number of imide groups is 1. The van der Waals surface area contributed by atoms with Crippen molar-refractivity contribution in [3.05, 3.63) is 41.7 Å². The van der Waals surface area contributed by atoms with E-state index in [1.165, 1.54) is 4.90 Å². The standard InChI is InChI=1S/C19H22N6O3.ClH/c1-23-12-18(27)25(19(23)28)15-4-2-3-13(9-15)21-17(26)6-5-14-10-16-11-20-7-8-24(16)22-14;/h2-4,9-10,20H,5-8,11-12H2,1H3,(H,21,26);1H. The Balaban J connectivity index is 0.00000240. The van der Waals surface area contributed by atoms with Crippen LogP contribution in [0.4, 0.5) is 16.2 Å². The lowest BCUT2D eigenvalue weighted by Gasteiger charge is -2.15. The van der Waals surface area contributed by atoms with Gasteiger partial charge in [0.1, 0.15) is 6.54 Å². The Hall–Kier alpha value is -2.91. The summed E-state index contributed by atoms with van der Waals surface area (Å²) >= 11 is 0. The Morgan fingerprint density at radius 1 is 1.28 bits per heavy atom. The van der Waals surface area contributed by atoms with Gasteiger partial charge in [-0.15, -0.1) is 12.4 Å². The van der Waals surface area contributed by atoms with E-state index in [-0.39, 0.29) is 36.8 Å². The van der Waals surface area contributed by atoms with Crippen molar-refractivity contribution in [2.24, 2.45) is 0 Å². The van der Waals surface area contributed by atoms with E-state index in [0.717, 1.165) is 35.9 Å². The number of fused-ring (bicyclic) bond motifs is 1. The van der Waals surface area contributed by atoms with E-state index in [9.17, 15) is 14.4 Å². The van der Waals surface area contributed by atoms with Crippen LogP contribution in [0.3, 0.4) is 0 Å². The number of nitrogens with zero attached hydrogens (tertiary/aromatic N) is 4. The molecule has 4 amide bonds. The number of carbonyl (C=O) groups excluding carboxylic acids is 3. The summed E-state index contributed by atoms with van der Waals surface area (Å²) < 4.78 is 1.98. The zero-order valence-electron chi connectivity index (χ0n) is 16.1. The first kappa shape index (κ1) is 20.8. The summed E-state index contributed by atoms with van der Waals surface area (Å²) in [5.41, 5.74) is 3.04. The molecule has 1 fully saturated rings. The summed E-state index contributed by atoms with van der Waals surface area (Å²) in [5.74, 6) is -0.424. The number of amides is 4. The van der Waals surface area contributed by atoms with Gasteiger partial charge < -0.3 is 15.5 Å². The molecule has 0 atom stereocenters. The van der Waals surface area contributed by atoms with E-state index >= 15 is 0 Å². The number of rotatable bonds is 5. The third kappa shape index (κ3) is 4.41. The maximum Gasteiger partial charge on any atom is 0.331 e. The van der Waals surface area contributed by atoms with Crippen LogP contribution in [0.25, 0.3) is 0 Å². The van der Waals surface area contributed by atoms with Crippen LogP contribution in [0.2, 0.25) is 0 Å². The molecule has 10 heteroatoms. The van der Waals surface area contributed by atoms with E-state index < -0.39 is 0 Å². The number of likely N-dealkylation sites (N-methyl/N-ethyl adjacent to an activating group) is 1. The van der Waals surface area contributed by atoms with E-state index in [2.05, 4.69) is 15.7 Å². The van der Waals surface area contributed by atoms with Crippen molar-refractivity contribution in [1.29, 1.82) is 0 Å².